The highest BCUT2D eigenvalue weighted by Gasteiger charge is 2.51. The third-order valence-electron chi connectivity index (χ3n) is 7.68. The van der Waals surface area contributed by atoms with Crippen molar-refractivity contribution in [2.45, 2.75) is 56.2 Å². The van der Waals surface area contributed by atoms with Gasteiger partial charge in [0, 0.05) is 36.5 Å². The maximum absolute atomic E-state index is 13.2. The van der Waals surface area contributed by atoms with Crippen molar-refractivity contribution in [3.8, 4) is 11.1 Å². The summed E-state index contributed by atoms with van der Waals surface area (Å²) in [5, 5.41) is 11.4. The molecule has 2 atom stereocenters. The van der Waals surface area contributed by atoms with Crippen molar-refractivity contribution in [1.82, 2.24) is 9.88 Å². The van der Waals surface area contributed by atoms with Gasteiger partial charge in [-0.25, -0.2) is 4.79 Å². The van der Waals surface area contributed by atoms with Gasteiger partial charge in [0.2, 0.25) is 0 Å². The molecule has 1 aromatic heterocycles. The highest BCUT2D eigenvalue weighted by atomic mass is 16.6. The molecular formula is C28H28N2O3. The molecule has 2 fully saturated rings. The monoisotopic (exact) mass is 440 g/mol. The lowest BCUT2D eigenvalue weighted by Gasteiger charge is -2.43. The van der Waals surface area contributed by atoms with E-state index in [1.165, 1.54) is 22.3 Å². The molecule has 1 aliphatic carbocycles. The first-order valence-electron chi connectivity index (χ1n) is 11.8. The Hall–Kier alpha value is -3.18. The van der Waals surface area contributed by atoms with E-state index < -0.39 is 5.60 Å². The predicted molar refractivity (Wildman–Crippen MR) is 126 cm³/mol. The number of hydrogen-bond acceptors (Lipinski definition) is 4. The Balaban J connectivity index is 1.19. The summed E-state index contributed by atoms with van der Waals surface area (Å²) in [5.74, 6) is 0.0530. The van der Waals surface area contributed by atoms with E-state index in [9.17, 15) is 9.90 Å². The van der Waals surface area contributed by atoms with Gasteiger partial charge in [-0.1, -0.05) is 54.6 Å². The van der Waals surface area contributed by atoms with Gasteiger partial charge in [-0.05, 0) is 54.2 Å². The summed E-state index contributed by atoms with van der Waals surface area (Å²) in [7, 11) is 0. The van der Waals surface area contributed by atoms with Crippen LogP contribution in [-0.2, 0) is 10.3 Å². The first kappa shape index (κ1) is 20.4. The second kappa shape index (κ2) is 7.70. The van der Waals surface area contributed by atoms with Crippen molar-refractivity contribution in [2.75, 3.05) is 6.61 Å². The summed E-state index contributed by atoms with van der Waals surface area (Å²) < 4.78 is 5.94. The molecule has 5 nitrogen and oxygen atoms in total. The standard InChI is InChI=1S/C28H28N2O3/c1-18-7-6-12-26(29-18)28(32)15-19-13-14-20(16-28)30(19)27(31)33-17-25-23-10-4-2-8-21(23)22-9-3-5-11-24(22)25/h2-12,19-20,25,32H,13-17H2,1H3. The van der Waals surface area contributed by atoms with Crippen LogP contribution in [0.5, 0.6) is 0 Å². The first-order chi connectivity index (χ1) is 16.0. The number of fused-ring (bicyclic) bond motifs is 5. The number of ether oxygens (including phenoxy) is 1. The Bertz CT molecular complexity index is 1160. The van der Waals surface area contributed by atoms with Gasteiger partial charge in [0.05, 0.1) is 5.69 Å². The minimum atomic E-state index is -0.988. The molecule has 0 saturated carbocycles. The van der Waals surface area contributed by atoms with Gasteiger partial charge in [0.25, 0.3) is 0 Å². The van der Waals surface area contributed by atoms with Gasteiger partial charge >= 0.3 is 6.09 Å². The molecule has 3 aliphatic rings. The van der Waals surface area contributed by atoms with Gasteiger partial charge in [-0.2, -0.15) is 0 Å². The maximum atomic E-state index is 13.2. The first-order valence-corrected chi connectivity index (χ1v) is 11.8. The molecule has 2 bridgehead atoms. The zero-order valence-corrected chi connectivity index (χ0v) is 18.8. The van der Waals surface area contributed by atoms with Crippen LogP contribution in [0.25, 0.3) is 11.1 Å². The molecule has 1 amide bonds. The van der Waals surface area contributed by atoms with Crippen LogP contribution in [0.4, 0.5) is 4.79 Å². The number of benzene rings is 2. The fourth-order valence-electron chi connectivity index (χ4n) is 6.20. The number of rotatable bonds is 3. The summed E-state index contributed by atoms with van der Waals surface area (Å²) >= 11 is 0. The molecule has 0 spiro atoms. The number of carbonyl (C=O) groups is 1. The number of aromatic nitrogens is 1. The molecule has 6 rings (SSSR count). The maximum Gasteiger partial charge on any atom is 0.410 e. The van der Waals surface area contributed by atoms with E-state index in [0.717, 1.165) is 18.5 Å². The van der Waals surface area contributed by atoms with Crippen molar-refractivity contribution in [3.05, 3.63) is 89.2 Å². The molecule has 2 saturated heterocycles. The molecule has 3 aromatic rings. The van der Waals surface area contributed by atoms with E-state index in [2.05, 4.69) is 41.4 Å². The number of hydrogen-bond donors (Lipinski definition) is 1. The van der Waals surface area contributed by atoms with Crippen LogP contribution in [0.1, 0.15) is 54.1 Å². The Labute approximate surface area is 194 Å². The minimum Gasteiger partial charge on any atom is -0.448 e. The van der Waals surface area contributed by atoms with Crippen molar-refractivity contribution in [1.29, 1.82) is 0 Å². The summed E-state index contributed by atoms with van der Waals surface area (Å²) in [6.45, 7) is 2.26. The summed E-state index contributed by atoms with van der Waals surface area (Å²) in [6.07, 6.45) is 2.53. The Morgan fingerprint density at radius 3 is 2.18 bits per heavy atom. The molecule has 2 aromatic carbocycles. The van der Waals surface area contributed by atoms with Crippen LogP contribution in [0.3, 0.4) is 0 Å². The zero-order valence-electron chi connectivity index (χ0n) is 18.8. The molecule has 1 N–H and O–H groups in total. The van der Waals surface area contributed by atoms with Crippen LogP contribution < -0.4 is 0 Å². The lowest BCUT2D eigenvalue weighted by Crippen LogP contribution is -2.52. The third-order valence-corrected chi connectivity index (χ3v) is 7.68. The van der Waals surface area contributed by atoms with E-state index in [-0.39, 0.29) is 24.1 Å². The molecule has 33 heavy (non-hydrogen) atoms. The van der Waals surface area contributed by atoms with Crippen LogP contribution >= 0.6 is 0 Å². The number of carbonyl (C=O) groups excluding carboxylic acids is 1. The quantitative estimate of drug-likeness (QED) is 0.612. The summed E-state index contributed by atoms with van der Waals surface area (Å²) in [5.41, 5.74) is 5.50. The smallest absolute Gasteiger partial charge is 0.410 e. The van der Waals surface area contributed by atoms with Crippen molar-refractivity contribution in [2.24, 2.45) is 0 Å². The molecule has 5 heteroatoms. The Kier molecular flexibility index (Phi) is 4.77. The highest BCUT2D eigenvalue weighted by molar-refractivity contribution is 5.79. The number of nitrogens with zero attached hydrogens (tertiary/aromatic N) is 2. The molecule has 2 unspecified atom stereocenters. The molecule has 3 heterocycles. The van der Waals surface area contributed by atoms with Crippen LogP contribution in [0.2, 0.25) is 0 Å². The second-order valence-electron chi connectivity index (χ2n) is 9.70. The summed E-state index contributed by atoms with van der Waals surface area (Å²) in [4.78, 5) is 19.7. The van der Waals surface area contributed by atoms with Gasteiger partial charge in [-0.15, -0.1) is 0 Å². The Morgan fingerprint density at radius 2 is 1.58 bits per heavy atom. The van der Waals surface area contributed by atoms with E-state index in [0.29, 0.717) is 25.1 Å². The van der Waals surface area contributed by atoms with Crippen molar-refractivity contribution in [3.63, 3.8) is 0 Å². The number of aliphatic hydroxyl groups is 1. The normalized spacial score (nSPS) is 25.6. The van der Waals surface area contributed by atoms with Crippen molar-refractivity contribution < 1.29 is 14.6 Å². The molecular weight excluding hydrogens is 412 g/mol. The lowest BCUT2D eigenvalue weighted by atomic mass is 9.83. The van der Waals surface area contributed by atoms with Gasteiger partial charge in [0.1, 0.15) is 12.2 Å². The zero-order chi connectivity index (χ0) is 22.6. The average molecular weight is 441 g/mol. The van der Waals surface area contributed by atoms with E-state index in [4.69, 9.17) is 4.74 Å². The molecule has 2 aliphatic heterocycles. The van der Waals surface area contributed by atoms with Crippen molar-refractivity contribution >= 4 is 6.09 Å². The lowest BCUT2D eigenvalue weighted by molar-refractivity contribution is -0.0559. The predicted octanol–water partition coefficient (Wildman–Crippen LogP) is 5.15. The molecule has 0 radical (unpaired) electrons. The number of pyridine rings is 1. The van der Waals surface area contributed by atoms with E-state index in [1.807, 2.05) is 42.2 Å². The topological polar surface area (TPSA) is 62.7 Å². The van der Waals surface area contributed by atoms with Crippen LogP contribution in [0, 0.1) is 6.92 Å². The third kappa shape index (κ3) is 3.34. The average Bonchev–Trinajstić information content (AvgIpc) is 3.30. The number of piperidine rings is 1. The number of aryl methyl sites for hydroxylation is 1. The highest BCUT2D eigenvalue weighted by Crippen LogP contribution is 2.47. The van der Waals surface area contributed by atoms with E-state index >= 15 is 0 Å². The number of amides is 1. The second-order valence-corrected chi connectivity index (χ2v) is 9.70. The van der Waals surface area contributed by atoms with Gasteiger partial charge in [-0.3, -0.25) is 4.98 Å². The van der Waals surface area contributed by atoms with E-state index in [1.54, 1.807) is 0 Å². The van der Waals surface area contributed by atoms with Crippen LogP contribution in [-0.4, -0.2) is 39.8 Å². The summed E-state index contributed by atoms with van der Waals surface area (Å²) in [6, 6.07) is 22.5. The van der Waals surface area contributed by atoms with Gasteiger partial charge < -0.3 is 14.7 Å². The SMILES string of the molecule is Cc1cccc(C2(O)CC3CCC(C2)N3C(=O)OCC2c3ccccc3-c3ccccc32)n1. The fourth-order valence-corrected chi connectivity index (χ4v) is 6.20. The van der Waals surface area contributed by atoms with Gasteiger partial charge in [0.15, 0.2) is 0 Å². The Morgan fingerprint density at radius 1 is 0.970 bits per heavy atom. The minimum absolute atomic E-state index is 0.0216. The largest absolute Gasteiger partial charge is 0.448 e. The molecule has 168 valence electrons. The van der Waals surface area contributed by atoms with Crippen LogP contribution in [0.15, 0.2) is 66.7 Å². The fraction of sp³-hybridized carbons (Fsp3) is 0.357.